The van der Waals surface area contributed by atoms with Crippen molar-refractivity contribution in [3.63, 3.8) is 0 Å². The molecule has 0 aromatic carbocycles. The molecule has 0 aromatic heterocycles. The zero-order valence-electron chi connectivity index (χ0n) is 15.6. The van der Waals surface area contributed by atoms with Gasteiger partial charge < -0.3 is 9.47 Å². The molecular formula is C15H28O9S2. The summed E-state index contributed by atoms with van der Waals surface area (Å²) in [6.07, 6.45) is 3.40. The molecule has 2 atom stereocenters. The molecule has 0 radical (unpaired) electrons. The first kappa shape index (κ1) is 24.8. The highest BCUT2D eigenvalue weighted by molar-refractivity contribution is 7.91. The van der Waals surface area contributed by atoms with Crippen molar-refractivity contribution in [3.8, 4) is 0 Å². The Morgan fingerprint density at radius 1 is 0.808 bits per heavy atom. The minimum Gasteiger partial charge on any atom is -0.446 e. The number of carbonyl (C=O) groups excluding carboxylic acids is 2. The van der Waals surface area contributed by atoms with Gasteiger partial charge in [0.15, 0.2) is 15.3 Å². The van der Waals surface area contributed by atoms with Gasteiger partial charge in [-0.15, -0.1) is 0 Å². The minimum atomic E-state index is -3.91. The second kappa shape index (κ2) is 11.5. The van der Waals surface area contributed by atoms with E-state index in [0.717, 1.165) is 6.26 Å². The minimum absolute atomic E-state index is 0.0321. The van der Waals surface area contributed by atoms with Gasteiger partial charge in [-0.3, -0.25) is 13.8 Å². The van der Waals surface area contributed by atoms with Crippen LogP contribution in [0.1, 0.15) is 59.3 Å². The number of carbonyl (C=O) groups is 2. The van der Waals surface area contributed by atoms with Crippen LogP contribution >= 0.6 is 0 Å². The van der Waals surface area contributed by atoms with Crippen LogP contribution in [-0.4, -0.2) is 52.5 Å². The Balaban J connectivity index is 3.90. The fourth-order valence-corrected chi connectivity index (χ4v) is 2.81. The molecule has 26 heavy (non-hydrogen) atoms. The zero-order chi connectivity index (χ0) is 20.4. The summed E-state index contributed by atoms with van der Waals surface area (Å²) in [4.78, 5) is 23.1. The zero-order valence-corrected chi connectivity index (χ0v) is 17.2. The number of hydrogen-bond acceptors (Lipinski definition) is 9. The molecule has 11 heteroatoms. The van der Waals surface area contributed by atoms with Crippen molar-refractivity contribution in [2.75, 3.05) is 12.9 Å². The van der Waals surface area contributed by atoms with Crippen molar-refractivity contribution < 1.29 is 40.1 Å². The largest absolute Gasteiger partial charge is 0.446 e. The molecule has 0 N–H and O–H groups in total. The molecule has 0 saturated carbocycles. The molecule has 2 unspecified atom stereocenters. The molecular weight excluding hydrogens is 388 g/mol. The van der Waals surface area contributed by atoms with E-state index < -0.39 is 42.8 Å². The fraction of sp³-hybridized carbons (Fsp3) is 0.867. The molecule has 0 bridgehead atoms. The van der Waals surface area contributed by atoms with Crippen molar-refractivity contribution in [1.82, 2.24) is 0 Å². The molecule has 0 saturated heterocycles. The smallest absolute Gasteiger partial charge is 0.307 e. The number of esters is 2. The van der Waals surface area contributed by atoms with Crippen molar-refractivity contribution in [2.45, 2.75) is 70.2 Å². The molecule has 0 aliphatic carbocycles. The number of unbranched alkanes of at least 4 members (excludes halogenated alkanes) is 3. The monoisotopic (exact) mass is 416 g/mol. The average molecular weight is 417 g/mol. The number of sulfone groups is 1. The quantitative estimate of drug-likeness (QED) is 0.249. The van der Waals surface area contributed by atoms with E-state index in [0.29, 0.717) is 25.7 Å². The SMILES string of the molecule is CCOS(=O)(=O)C(C)OC(=O)CCCCCCC(=O)OC(C)S(C)(=O)=O. The van der Waals surface area contributed by atoms with Crippen LogP contribution in [-0.2, 0) is 43.2 Å². The Morgan fingerprint density at radius 3 is 1.62 bits per heavy atom. The highest BCUT2D eigenvalue weighted by atomic mass is 32.2. The van der Waals surface area contributed by atoms with Crippen LogP contribution < -0.4 is 0 Å². The Kier molecular flexibility index (Phi) is 11.0. The first-order chi connectivity index (χ1) is 11.9. The van der Waals surface area contributed by atoms with Gasteiger partial charge in [-0.25, -0.2) is 8.42 Å². The second-order valence-electron chi connectivity index (χ2n) is 5.76. The summed E-state index contributed by atoms with van der Waals surface area (Å²) < 4.78 is 59.4. The van der Waals surface area contributed by atoms with E-state index in [9.17, 15) is 26.4 Å². The summed E-state index contributed by atoms with van der Waals surface area (Å²) in [5.41, 5.74) is -2.53. The van der Waals surface area contributed by atoms with Crippen molar-refractivity contribution >= 4 is 31.9 Å². The van der Waals surface area contributed by atoms with Gasteiger partial charge in [-0.1, -0.05) is 12.8 Å². The lowest BCUT2D eigenvalue weighted by Gasteiger charge is -2.13. The molecule has 0 aliphatic heterocycles. The predicted molar refractivity (Wildman–Crippen MR) is 94.2 cm³/mol. The third-order valence-electron chi connectivity index (χ3n) is 3.40. The van der Waals surface area contributed by atoms with Crippen LogP contribution in [0.15, 0.2) is 0 Å². The molecule has 0 fully saturated rings. The van der Waals surface area contributed by atoms with E-state index in [2.05, 4.69) is 4.18 Å². The third kappa shape index (κ3) is 10.7. The highest BCUT2D eigenvalue weighted by Crippen LogP contribution is 2.11. The summed E-state index contributed by atoms with van der Waals surface area (Å²) in [6, 6.07) is 0. The van der Waals surface area contributed by atoms with Crippen molar-refractivity contribution in [3.05, 3.63) is 0 Å². The van der Waals surface area contributed by atoms with E-state index in [1.165, 1.54) is 20.8 Å². The van der Waals surface area contributed by atoms with E-state index in [4.69, 9.17) is 9.47 Å². The molecule has 9 nitrogen and oxygen atoms in total. The molecule has 0 aliphatic rings. The van der Waals surface area contributed by atoms with E-state index in [1.54, 1.807) is 0 Å². The molecule has 0 amide bonds. The Hall–Kier alpha value is -1.20. The predicted octanol–water partition coefficient (Wildman–Crippen LogP) is 1.52. The molecule has 154 valence electrons. The summed E-state index contributed by atoms with van der Waals surface area (Å²) in [5, 5.41) is 0. The van der Waals surface area contributed by atoms with Crippen LogP contribution in [0.3, 0.4) is 0 Å². The van der Waals surface area contributed by atoms with Gasteiger partial charge in [-0.2, -0.15) is 8.42 Å². The van der Waals surface area contributed by atoms with E-state index in [-0.39, 0.29) is 19.4 Å². The van der Waals surface area contributed by atoms with Crippen LogP contribution in [0.2, 0.25) is 0 Å². The van der Waals surface area contributed by atoms with Crippen molar-refractivity contribution in [2.24, 2.45) is 0 Å². The Morgan fingerprint density at radius 2 is 1.23 bits per heavy atom. The summed E-state index contributed by atoms with van der Waals surface area (Å²) in [5.74, 6) is -1.22. The number of hydrogen-bond donors (Lipinski definition) is 0. The highest BCUT2D eigenvalue weighted by Gasteiger charge is 2.24. The van der Waals surface area contributed by atoms with Gasteiger partial charge in [0, 0.05) is 19.1 Å². The van der Waals surface area contributed by atoms with E-state index >= 15 is 0 Å². The second-order valence-corrected chi connectivity index (χ2v) is 9.97. The first-order valence-corrected chi connectivity index (χ1v) is 11.8. The van der Waals surface area contributed by atoms with Gasteiger partial charge in [0.25, 0.3) is 0 Å². The van der Waals surface area contributed by atoms with Crippen LogP contribution in [0.4, 0.5) is 0 Å². The van der Waals surface area contributed by atoms with Gasteiger partial charge in [0.1, 0.15) is 0 Å². The molecule has 0 spiro atoms. The van der Waals surface area contributed by atoms with Gasteiger partial charge in [0.2, 0.25) is 5.44 Å². The lowest BCUT2D eigenvalue weighted by atomic mass is 10.1. The Bertz CT molecular complexity index is 653. The average Bonchev–Trinajstić information content (AvgIpc) is 2.49. The maximum absolute atomic E-state index is 11.6. The fourth-order valence-electron chi connectivity index (χ4n) is 1.79. The van der Waals surface area contributed by atoms with Crippen LogP contribution in [0.5, 0.6) is 0 Å². The lowest BCUT2D eigenvalue weighted by Crippen LogP contribution is -2.26. The normalized spacial score (nSPS) is 14.5. The van der Waals surface area contributed by atoms with Crippen LogP contribution in [0.25, 0.3) is 0 Å². The van der Waals surface area contributed by atoms with Crippen molar-refractivity contribution in [1.29, 1.82) is 0 Å². The summed E-state index contributed by atoms with van der Waals surface area (Å²) >= 11 is 0. The maximum atomic E-state index is 11.6. The van der Waals surface area contributed by atoms with E-state index in [1.807, 2.05) is 0 Å². The lowest BCUT2D eigenvalue weighted by molar-refractivity contribution is -0.146. The van der Waals surface area contributed by atoms with Gasteiger partial charge >= 0.3 is 22.1 Å². The summed E-state index contributed by atoms with van der Waals surface area (Å²) in [7, 11) is -7.33. The maximum Gasteiger partial charge on any atom is 0.307 e. The number of rotatable bonds is 13. The standard InChI is InChI=1S/C15H28O9S2/c1-5-22-26(20,21)13(3)24-15(17)11-9-7-6-8-10-14(16)23-12(2)25(4,18)19/h12-13H,5-11H2,1-4H3. The van der Waals surface area contributed by atoms with Crippen LogP contribution in [0, 0.1) is 0 Å². The topological polar surface area (TPSA) is 130 Å². The number of ether oxygens (including phenoxy) is 2. The van der Waals surface area contributed by atoms with Gasteiger partial charge in [-0.05, 0) is 33.6 Å². The third-order valence-corrected chi connectivity index (χ3v) is 6.17. The first-order valence-electron chi connectivity index (χ1n) is 8.36. The van der Waals surface area contributed by atoms with Gasteiger partial charge in [0.05, 0.1) is 6.61 Å². The molecule has 0 heterocycles. The molecule has 0 rings (SSSR count). The summed E-state index contributed by atoms with van der Waals surface area (Å²) in [6.45, 7) is 4.01. The molecule has 0 aromatic rings. The Labute approximate surface area is 155 Å².